The maximum Gasteiger partial charge on any atom is 0 e. The summed E-state index contributed by atoms with van der Waals surface area (Å²) >= 11 is 0. The zero-order valence-electron chi connectivity index (χ0n) is 88.4. The molecule has 0 amide bonds. The molecule has 706 valence electrons. The molecule has 0 N–H and O–H groups in total. The van der Waals surface area contributed by atoms with Crippen LogP contribution in [0, 0.1) is 207 Å². The van der Waals surface area contributed by atoms with Crippen LogP contribution in [0.1, 0.15) is 382 Å². The van der Waals surface area contributed by atoms with E-state index >= 15 is 0 Å². The van der Waals surface area contributed by atoms with Gasteiger partial charge in [0.15, 0.2) is 0 Å². The van der Waals surface area contributed by atoms with Crippen LogP contribution in [0.3, 0.4) is 0 Å². The van der Waals surface area contributed by atoms with Crippen LogP contribution >= 0.6 is 0 Å². The Hall–Kier alpha value is 2.27. The predicted molar refractivity (Wildman–Crippen MR) is 530 cm³/mol. The molecule has 7 saturated carbocycles. The van der Waals surface area contributed by atoms with E-state index in [0.29, 0.717) is 30.0 Å². The summed E-state index contributed by atoms with van der Waals surface area (Å²) in [5.41, 5.74) is 3.86. The van der Waals surface area contributed by atoms with Crippen LogP contribution in [0.4, 0.5) is 5.69 Å². The first kappa shape index (κ1) is 156. The first-order valence-electron chi connectivity index (χ1n) is 42.9. The molecule has 0 aromatic heterocycles. The first-order valence-corrected chi connectivity index (χ1v) is 42.9. The van der Waals surface area contributed by atoms with E-state index in [1.807, 2.05) is 13.8 Å². The second-order valence-electron chi connectivity index (χ2n) is 38.7. The zero-order valence-corrected chi connectivity index (χ0v) is 98.2. The molecule has 0 aliphatic heterocycles. The number of nitrogens with zero attached hydrogens (tertiary/aromatic N) is 8. The van der Waals surface area contributed by atoms with Crippen molar-refractivity contribution in [3.05, 3.63) is 161 Å². The van der Waals surface area contributed by atoms with Crippen LogP contribution in [0.25, 0.3) is 42.5 Å². The summed E-state index contributed by atoms with van der Waals surface area (Å²) in [7, 11) is 0. The molecule has 7 fully saturated rings. The van der Waals surface area contributed by atoms with E-state index < -0.39 is 0 Å². The van der Waals surface area contributed by atoms with Gasteiger partial charge in [-0.15, -0.1) is 61.2 Å². The molecular weight excluding hydrogens is 1730 g/mol. The third-order valence-electron chi connectivity index (χ3n) is 27.4. The Morgan fingerprint density at radius 1 is 0.267 bits per heavy atom. The van der Waals surface area contributed by atoms with Gasteiger partial charge in [0.1, 0.15) is 0 Å². The van der Waals surface area contributed by atoms with Crippen molar-refractivity contribution in [3.8, 4) is 0 Å². The maximum atomic E-state index is 4.92. The Kier molecular flexibility index (Phi) is 104. The van der Waals surface area contributed by atoms with Gasteiger partial charge in [-0.3, -0.25) is 0 Å². The van der Waals surface area contributed by atoms with Gasteiger partial charge in [0, 0.05) is 105 Å². The number of para-hydroxylation sites is 1. The number of rotatable bonds is 15. The Bertz CT molecular complexity index is 1890. The van der Waals surface area contributed by atoms with Crippen LogP contribution in [0.15, 0.2) is 18.2 Å². The second-order valence-corrected chi connectivity index (χ2v) is 38.7. The molecule has 0 bridgehead atoms. The van der Waals surface area contributed by atoms with Crippen molar-refractivity contribution >= 4 is 5.69 Å². The van der Waals surface area contributed by atoms with E-state index in [1.165, 1.54) is 107 Å². The quantitative estimate of drug-likeness (QED) is 0.156. The summed E-state index contributed by atoms with van der Waals surface area (Å²) in [6.45, 7) is 87.2. The maximum absolute atomic E-state index is 4.92. The average molecular weight is 1940 g/mol. The summed E-state index contributed by atoms with van der Waals surface area (Å²) in [6.07, 6.45) is 20.9. The van der Waals surface area contributed by atoms with Gasteiger partial charge in [-0.2, -0.15) is 6.54 Å². The van der Waals surface area contributed by atoms with Crippen LogP contribution < -0.4 is 0 Å². The smallest absolute Gasteiger partial charge is 0 e. The molecule has 1 aromatic carbocycles. The molecular formula is C104H214N8Zr4-20. The monoisotopic (exact) mass is 1940 g/mol. The first-order chi connectivity index (χ1) is 46.1. The van der Waals surface area contributed by atoms with Gasteiger partial charge in [0.05, 0.1) is 0 Å². The van der Waals surface area contributed by atoms with Crippen molar-refractivity contribution in [2.45, 2.75) is 431 Å². The minimum atomic E-state index is -0.0479. The molecule has 1 aromatic rings. The molecule has 0 spiro atoms. The molecule has 7 aliphatic carbocycles. The number of hydrogen-bond acceptors (Lipinski definition) is 0. The van der Waals surface area contributed by atoms with Gasteiger partial charge >= 0.3 is 0 Å². The molecule has 116 heavy (non-hydrogen) atoms. The average Bonchev–Trinajstić information content (AvgIpc) is 1.38. The van der Waals surface area contributed by atoms with Crippen LogP contribution in [-0.4, -0.2) is 66.0 Å². The Morgan fingerprint density at radius 3 is 0.612 bits per heavy atom. The topological polar surface area (TPSA) is 113 Å². The minimum absolute atomic E-state index is 0. The van der Waals surface area contributed by atoms with Crippen LogP contribution in [-0.2, 0) is 105 Å². The SMILES string of the molecule is CC([N-]C1CCCCC1)[N-]C(C)(C)C.CC([N-]C1CCCCC1)[N-]C1CCCCC1.CC([N-]c1c(C(C)C)cccc1C(C)C)[N-]C(C)(C)C.CC1C(C)C(C)C(C)C1C.CC1C(C)C(C)C(C)C1C.CC1C(C)C(C)C(C)C1C.CC1C(C)C(C)C(C)C1C.CC[N-]C(C)[N-]C(C)(C)C.[CH3-].[CH3-].[CH3-].[CH3-].[CH3-].[CH3-].[CH3-].[CH3-].[CH3-].[CH3-].[CH3-].[CH3-].[Zr].[Zr].[Zr].[Zr]. The zero-order chi connectivity index (χ0) is 77.1. The van der Waals surface area contributed by atoms with Gasteiger partial charge in [-0.05, 0) is 130 Å². The summed E-state index contributed by atoms with van der Waals surface area (Å²) in [5, 5.41) is 37.5. The van der Waals surface area contributed by atoms with E-state index in [-0.39, 0.29) is 235 Å². The van der Waals surface area contributed by atoms with Gasteiger partial charge in [-0.1, -0.05) is 368 Å². The number of benzene rings is 1. The van der Waals surface area contributed by atoms with Crippen LogP contribution in [0.5, 0.6) is 0 Å². The van der Waals surface area contributed by atoms with E-state index in [2.05, 4.69) is 283 Å². The standard InChI is InChI=1S/C18H30N2.C14H26N2.C12H24N2.4C10H20.C8H18N2.12CH3.4Zr/c1-12(2)15-10-9-11-16(13(3)4)17(15)19-14(5)20-18(6,7)8;1-12(15-13-8-4-2-5-9-13)16-14-10-6-3-7-11-14;1-10(14-12(2,3)4)13-11-8-6-5-7-9-11;4*1-6-7(2)9(4)10(5)8(6)3;1-6-9-7(2)10-8(3,4)5;;;;;;;;;;;;;;;;/h9-14H,1-8H3;12-14H,2-11H2,1H3;10-11H,5-9H2,1-4H3;4*6-10H,1-5H3;7H,6H2,1-5H3;12*1H3;;;;/q3*-2;;;;;-2;12*-1;;;;. The van der Waals surface area contributed by atoms with Crippen molar-refractivity contribution in [2.75, 3.05) is 6.54 Å². The van der Waals surface area contributed by atoms with E-state index in [4.69, 9.17) is 26.6 Å². The summed E-state index contributed by atoms with van der Waals surface area (Å²) in [4.78, 5) is 0. The fourth-order valence-electron chi connectivity index (χ4n) is 18.1. The third kappa shape index (κ3) is 58.7. The number of hydrogen-bond donors (Lipinski definition) is 0. The van der Waals surface area contributed by atoms with Crippen molar-refractivity contribution in [1.82, 2.24) is 0 Å². The molecule has 3 atom stereocenters. The molecule has 7 aliphatic rings. The summed E-state index contributed by atoms with van der Waals surface area (Å²) in [6, 6.07) is 8.37. The van der Waals surface area contributed by atoms with Gasteiger partial charge in [0.25, 0.3) is 0 Å². The Morgan fingerprint density at radius 2 is 0.440 bits per heavy atom. The predicted octanol–water partition coefficient (Wildman–Crippen LogP) is 36.4. The van der Waals surface area contributed by atoms with E-state index in [9.17, 15) is 0 Å². The molecule has 8 nitrogen and oxygen atoms in total. The van der Waals surface area contributed by atoms with E-state index in [0.717, 1.165) is 131 Å². The van der Waals surface area contributed by atoms with Crippen molar-refractivity contribution in [2.24, 2.45) is 118 Å². The largest absolute Gasteiger partial charge is 0.699 e. The third-order valence-corrected chi connectivity index (χ3v) is 27.4. The summed E-state index contributed by atoms with van der Waals surface area (Å²) in [5.74, 6) is 19.7. The molecule has 8 rings (SSSR count). The fraction of sp³-hybridized carbons (Fsp3) is 0.827. The van der Waals surface area contributed by atoms with Crippen molar-refractivity contribution in [1.29, 1.82) is 0 Å². The molecule has 12 heteroatoms. The Labute approximate surface area is 819 Å². The second kappa shape index (κ2) is 77.2. The van der Waals surface area contributed by atoms with E-state index in [1.54, 1.807) is 0 Å². The molecule has 0 saturated heterocycles. The van der Waals surface area contributed by atoms with Gasteiger partial charge in [-0.25, -0.2) is 24.7 Å². The fourth-order valence-corrected chi connectivity index (χ4v) is 18.1. The Balaban J connectivity index is -0.0000000698. The van der Waals surface area contributed by atoms with Crippen molar-refractivity contribution < 1.29 is 105 Å². The van der Waals surface area contributed by atoms with Gasteiger partial charge in [0.2, 0.25) is 0 Å². The van der Waals surface area contributed by atoms with Crippen LogP contribution in [0.2, 0.25) is 0 Å². The molecule has 3 unspecified atom stereocenters. The summed E-state index contributed by atoms with van der Waals surface area (Å²) < 4.78 is 0. The molecule has 0 radical (unpaired) electrons. The van der Waals surface area contributed by atoms with Gasteiger partial charge < -0.3 is 132 Å². The minimum Gasteiger partial charge on any atom is -0.699 e. The molecule has 0 heterocycles. The van der Waals surface area contributed by atoms with Crippen molar-refractivity contribution in [3.63, 3.8) is 0 Å². The normalized spacial score (nSPS) is 29.0.